The number of aliphatic hydroxyl groups excluding tert-OH is 1. The highest BCUT2D eigenvalue weighted by atomic mass is 19.1. The molecule has 3 rings (SSSR count). The summed E-state index contributed by atoms with van der Waals surface area (Å²) in [6, 6.07) is 19.4. The van der Waals surface area contributed by atoms with Crippen LogP contribution in [0.5, 0.6) is 0 Å². The van der Waals surface area contributed by atoms with Crippen LogP contribution in [-0.4, -0.2) is 34.3 Å². The average molecular weight is 476 g/mol. The summed E-state index contributed by atoms with van der Waals surface area (Å²) in [6.45, 7) is 2.54. The Balaban J connectivity index is 1.54. The number of nitrogens with one attached hydrogen (secondary N) is 3. The van der Waals surface area contributed by atoms with Crippen LogP contribution in [0.4, 0.5) is 4.39 Å². The summed E-state index contributed by atoms with van der Waals surface area (Å²) in [4.78, 5) is 23.9. The quantitative estimate of drug-likeness (QED) is 0.195. The molecule has 5 N–H and O–H groups in total. The molecule has 35 heavy (non-hydrogen) atoms. The SMILES string of the molecule is C[C@@H](O)[C@H](NC(=O)c1ccc(C#Cc2ccc(CNCc3cccc(F)c3)cc2)cc1)C(=O)NO. The third kappa shape index (κ3) is 7.76. The van der Waals surface area contributed by atoms with Crippen molar-refractivity contribution >= 4 is 11.8 Å². The van der Waals surface area contributed by atoms with E-state index in [1.165, 1.54) is 24.5 Å². The summed E-state index contributed by atoms with van der Waals surface area (Å²) in [5.41, 5.74) is 5.18. The van der Waals surface area contributed by atoms with Gasteiger partial charge in [-0.25, -0.2) is 9.87 Å². The van der Waals surface area contributed by atoms with Gasteiger partial charge in [-0.1, -0.05) is 36.1 Å². The largest absolute Gasteiger partial charge is 0.391 e. The van der Waals surface area contributed by atoms with Crippen LogP contribution < -0.4 is 16.1 Å². The predicted molar refractivity (Wildman–Crippen MR) is 129 cm³/mol. The van der Waals surface area contributed by atoms with Crippen molar-refractivity contribution in [2.24, 2.45) is 0 Å². The number of rotatable bonds is 8. The van der Waals surface area contributed by atoms with Gasteiger partial charge in [0.15, 0.2) is 0 Å². The molecule has 2 amide bonds. The van der Waals surface area contributed by atoms with Gasteiger partial charge in [0.25, 0.3) is 11.8 Å². The van der Waals surface area contributed by atoms with E-state index in [1.54, 1.807) is 30.3 Å². The van der Waals surface area contributed by atoms with Crippen molar-refractivity contribution in [2.75, 3.05) is 0 Å². The molecule has 0 aromatic heterocycles. The lowest BCUT2D eigenvalue weighted by atomic mass is 10.1. The van der Waals surface area contributed by atoms with Gasteiger partial charge in [-0.3, -0.25) is 14.8 Å². The zero-order chi connectivity index (χ0) is 25.2. The first kappa shape index (κ1) is 25.6. The minimum absolute atomic E-state index is 0.248. The van der Waals surface area contributed by atoms with Crippen molar-refractivity contribution in [1.82, 2.24) is 16.1 Å². The van der Waals surface area contributed by atoms with E-state index in [4.69, 9.17) is 5.21 Å². The normalized spacial score (nSPS) is 12.1. The molecule has 3 aromatic carbocycles. The number of aliphatic hydroxyl groups is 1. The van der Waals surface area contributed by atoms with Gasteiger partial charge < -0.3 is 15.7 Å². The molecule has 0 saturated heterocycles. The lowest BCUT2D eigenvalue weighted by molar-refractivity contribution is -0.133. The molecule has 7 nitrogen and oxygen atoms in total. The van der Waals surface area contributed by atoms with Gasteiger partial charge >= 0.3 is 0 Å². The Bertz CT molecular complexity index is 1220. The van der Waals surface area contributed by atoms with E-state index in [2.05, 4.69) is 22.5 Å². The molecular weight excluding hydrogens is 449 g/mol. The zero-order valence-electron chi connectivity index (χ0n) is 19.1. The van der Waals surface area contributed by atoms with E-state index in [0.717, 1.165) is 16.7 Å². The van der Waals surface area contributed by atoms with Gasteiger partial charge in [0.2, 0.25) is 0 Å². The van der Waals surface area contributed by atoms with Crippen molar-refractivity contribution in [3.05, 3.63) is 106 Å². The molecule has 3 aromatic rings. The Morgan fingerprint density at radius 2 is 1.51 bits per heavy atom. The van der Waals surface area contributed by atoms with E-state index >= 15 is 0 Å². The minimum atomic E-state index is -1.29. The summed E-state index contributed by atoms with van der Waals surface area (Å²) < 4.78 is 13.2. The maximum atomic E-state index is 13.2. The molecule has 0 aliphatic rings. The number of hydrogen-bond acceptors (Lipinski definition) is 5. The molecule has 0 saturated carbocycles. The zero-order valence-corrected chi connectivity index (χ0v) is 19.1. The fraction of sp³-hybridized carbons (Fsp3) is 0.185. The Morgan fingerprint density at radius 1 is 0.914 bits per heavy atom. The topological polar surface area (TPSA) is 111 Å². The van der Waals surface area contributed by atoms with Gasteiger partial charge in [-0.05, 0) is 66.6 Å². The lowest BCUT2D eigenvalue weighted by Crippen LogP contribution is -2.51. The van der Waals surface area contributed by atoms with Crippen LogP contribution in [0.25, 0.3) is 0 Å². The van der Waals surface area contributed by atoms with Gasteiger partial charge in [0.1, 0.15) is 11.9 Å². The number of carbonyl (C=O) groups is 2. The molecule has 0 radical (unpaired) electrons. The second-order valence-corrected chi connectivity index (χ2v) is 7.93. The first-order valence-electron chi connectivity index (χ1n) is 10.9. The van der Waals surface area contributed by atoms with Crippen LogP contribution in [0.1, 0.15) is 39.5 Å². The fourth-order valence-electron chi connectivity index (χ4n) is 3.25. The van der Waals surface area contributed by atoms with Crippen LogP contribution in [0, 0.1) is 17.7 Å². The third-order valence-corrected chi connectivity index (χ3v) is 5.16. The summed E-state index contributed by atoms with van der Waals surface area (Å²) in [6.07, 6.45) is -1.19. The molecular formula is C27H26FN3O4. The highest BCUT2D eigenvalue weighted by molar-refractivity contribution is 5.97. The van der Waals surface area contributed by atoms with Crippen molar-refractivity contribution in [3.8, 4) is 11.8 Å². The van der Waals surface area contributed by atoms with Gasteiger partial charge in [0, 0.05) is 29.8 Å². The van der Waals surface area contributed by atoms with Crippen molar-refractivity contribution in [1.29, 1.82) is 0 Å². The molecule has 0 aliphatic heterocycles. The molecule has 0 aliphatic carbocycles. The van der Waals surface area contributed by atoms with Crippen molar-refractivity contribution in [2.45, 2.75) is 32.2 Å². The summed E-state index contributed by atoms with van der Waals surface area (Å²) in [5.74, 6) is 4.37. The highest BCUT2D eigenvalue weighted by Gasteiger charge is 2.25. The number of hydrogen-bond donors (Lipinski definition) is 5. The molecule has 0 fully saturated rings. The Kier molecular flexibility index (Phi) is 9.09. The molecule has 180 valence electrons. The molecule has 8 heteroatoms. The van der Waals surface area contributed by atoms with Crippen LogP contribution in [-0.2, 0) is 17.9 Å². The van der Waals surface area contributed by atoms with Crippen molar-refractivity contribution in [3.63, 3.8) is 0 Å². The van der Waals surface area contributed by atoms with Crippen LogP contribution in [0.2, 0.25) is 0 Å². The molecule has 0 heterocycles. The average Bonchev–Trinajstić information content (AvgIpc) is 2.86. The Labute approximate surface area is 203 Å². The molecule has 2 atom stereocenters. The Morgan fingerprint density at radius 3 is 2.09 bits per heavy atom. The molecule has 0 spiro atoms. The monoisotopic (exact) mass is 475 g/mol. The van der Waals surface area contributed by atoms with E-state index in [9.17, 15) is 19.1 Å². The smallest absolute Gasteiger partial charge is 0.268 e. The van der Waals surface area contributed by atoms with Crippen LogP contribution >= 0.6 is 0 Å². The van der Waals surface area contributed by atoms with Gasteiger partial charge in [-0.2, -0.15) is 0 Å². The third-order valence-electron chi connectivity index (χ3n) is 5.16. The first-order chi connectivity index (χ1) is 16.9. The van der Waals surface area contributed by atoms with E-state index in [1.807, 2.05) is 30.3 Å². The van der Waals surface area contributed by atoms with E-state index in [-0.39, 0.29) is 11.4 Å². The van der Waals surface area contributed by atoms with E-state index in [0.29, 0.717) is 18.7 Å². The fourth-order valence-corrected chi connectivity index (χ4v) is 3.25. The number of carbonyl (C=O) groups excluding carboxylic acids is 2. The summed E-state index contributed by atoms with van der Waals surface area (Å²) >= 11 is 0. The standard InChI is InChI=1S/C27H26FN3O4/c1-18(32)25(27(34)31-35)30-26(33)23-13-11-20(12-14-23)6-5-19-7-9-21(10-8-19)16-29-17-22-3-2-4-24(28)15-22/h2-4,7-15,18,25,29,32,35H,16-17H2,1H3,(H,30,33)(H,31,34)/t18-,25+/m1/s1. The number of benzene rings is 3. The summed E-state index contributed by atoms with van der Waals surface area (Å²) in [7, 11) is 0. The van der Waals surface area contributed by atoms with Gasteiger partial charge in [-0.15, -0.1) is 0 Å². The lowest BCUT2D eigenvalue weighted by Gasteiger charge is -2.19. The summed E-state index contributed by atoms with van der Waals surface area (Å²) in [5, 5.41) is 24.0. The molecule has 0 bridgehead atoms. The second kappa shape index (κ2) is 12.4. The number of hydroxylamine groups is 1. The van der Waals surface area contributed by atoms with Crippen LogP contribution in [0.15, 0.2) is 72.8 Å². The maximum absolute atomic E-state index is 13.2. The highest BCUT2D eigenvalue weighted by Crippen LogP contribution is 2.08. The van der Waals surface area contributed by atoms with E-state index < -0.39 is 24.0 Å². The molecule has 0 unspecified atom stereocenters. The van der Waals surface area contributed by atoms with Gasteiger partial charge in [0.05, 0.1) is 6.10 Å². The predicted octanol–water partition coefficient (Wildman–Crippen LogP) is 2.50. The maximum Gasteiger partial charge on any atom is 0.268 e. The first-order valence-corrected chi connectivity index (χ1v) is 10.9. The second-order valence-electron chi connectivity index (χ2n) is 7.93. The Hall–Kier alpha value is -4.03. The number of amides is 2. The number of halogens is 1. The van der Waals surface area contributed by atoms with Crippen molar-refractivity contribution < 1.29 is 24.3 Å². The minimum Gasteiger partial charge on any atom is -0.391 e. The van der Waals surface area contributed by atoms with Crippen LogP contribution in [0.3, 0.4) is 0 Å².